The first-order valence-corrected chi connectivity index (χ1v) is 8.74. The number of nitrogens with zero attached hydrogens (tertiary/aromatic N) is 4. The number of hydrogen-bond acceptors (Lipinski definition) is 6. The van der Waals surface area contributed by atoms with Gasteiger partial charge in [0.05, 0.1) is 5.02 Å². The van der Waals surface area contributed by atoms with Gasteiger partial charge in [0.1, 0.15) is 10.8 Å². The smallest absolute Gasteiger partial charge is 0.284 e. The Bertz CT molecular complexity index is 741. The van der Waals surface area contributed by atoms with Gasteiger partial charge in [-0.25, -0.2) is 4.98 Å². The van der Waals surface area contributed by atoms with Gasteiger partial charge in [-0.2, -0.15) is 0 Å². The lowest BCUT2D eigenvalue weighted by Gasteiger charge is -2.30. The molecule has 3 rings (SSSR count). The van der Waals surface area contributed by atoms with Crippen molar-refractivity contribution < 1.29 is 9.59 Å². The topological polar surface area (TPSA) is 88.1 Å². The molecule has 1 N–H and O–H groups in total. The van der Waals surface area contributed by atoms with Crippen LogP contribution in [0.3, 0.4) is 0 Å². The third-order valence-electron chi connectivity index (χ3n) is 3.84. The summed E-state index contributed by atoms with van der Waals surface area (Å²) in [5, 5.41) is 12.2. The number of aromatic nitrogens is 3. The van der Waals surface area contributed by atoms with Crippen LogP contribution in [0.1, 0.15) is 27.7 Å². The van der Waals surface area contributed by atoms with E-state index in [1.807, 2.05) is 6.92 Å². The van der Waals surface area contributed by atoms with Crippen molar-refractivity contribution in [2.75, 3.05) is 18.4 Å². The largest absolute Gasteiger partial charge is 0.336 e. The second-order valence-electron chi connectivity index (χ2n) is 5.54. The fourth-order valence-electron chi connectivity index (χ4n) is 2.54. The summed E-state index contributed by atoms with van der Waals surface area (Å²) in [6, 6.07) is 3.34. The predicted octanol–water partition coefficient (Wildman–Crippen LogP) is 2.39. The highest BCUT2D eigenvalue weighted by molar-refractivity contribution is 7.13. The molecule has 0 spiro atoms. The molecule has 0 aliphatic carbocycles. The number of pyridine rings is 1. The summed E-state index contributed by atoms with van der Waals surface area (Å²) in [6.07, 6.45) is 2.72. The van der Waals surface area contributed by atoms with Gasteiger partial charge >= 0.3 is 0 Å². The maximum Gasteiger partial charge on any atom is 0.284 e. The van der Waals surface area contributed by atoms with Gasteiger partial charge < -0.3 is 10.2 Å². The molecule has 7 nitrogen and oxygen atoms in total. The van der Waals surface area contributed by atoms with E-state index in [0.29, 0.717) is 41.8 Å². The summed E-state index contributed by atoms with van der Waals surface area (Å²) in [5.41, 5.74) is 0. The molecule has 1 saturated heterocycles. The van der Waals surface area contributed by atoms with Crippen LogP contribution in [0.15, 0.2) is 18.3 Å². The van der Waals surface area contributed by atoms with Gasteiger partial charge in [0.2, 0.25) is 10.9 Å². The standard InChI is InChI=1S/C15H16ClN5O2S/c1-9-19-20-14(24-9)15(23)21-6-4-10(5-7-21)13(22)18-12-3-2-11(16)8-17-12/h2-3,8,10H,4-7H2,1H3,(H,17,18,22). The number of carbonyl (C=O) groups is 2. The molecule has 126 valence electrons. The highest BCUT2D eigenvalue weighted by atomic mass is 35.5. The predicted molar refractivity (Wildman–Crippen MR) is 91.2 cm³/mol. The van der Waals surface area contributed by atoms with E-state index in [1.54, 1.807) is 17.0 Å². The van der Waals surface area contributed by atoms with Crippen LogP contribution in [-0.4, -0.2) is 45.0 Å². The molecule has 1 aliphatic rings. The van der Waals surface area contributed by atoms with Crippen LogP contribution in [0, 0.1) is 12.8 Å². The van der Waals surface area contributed by atoms with Crippen LogP contribution < -0.4 is 5.32 Å². The van der Waals surface area contributed by atoms with E-state index in [0.717, 1.165) is 5.01 Å². The van der Waals surface area contributed by atoms with E-state index in [9.17, 15) is 9.59 Å². The van der Waals surface area contributed by atoms with E-state index in [1.165, 1.54) is 17.5 Å². The van der Waals surface area contributed by atoms with Crippen molar-refractivity contribution in [2.45, 2.75) is 19.8 Å². The molecular weight excluding hydrogens is 350 g/mol. The Balaban J connectivity index is 1.53. The van der Waals surface area contributed by atoms with Crippen molar-refractivity contribution in [3.8, 4) is 0 Å². The lowest BCUT2D eigenvalue weighted by atomic mass is 9.96. The zero-order valence-corrected chi connectivity index (χ0v) is 14.6. The van der Waals surface area contributed by atoms with Gasteiger partial charge in [-0.15, -0.1) is 10.2 Å². The number of nitrogens with one attached hydrogen (secondary N) is 1. The number of piperidine rings is 1. The van der Waals surface area contributed by atoms with Crippen molar-refractivity contribution in [1.82, 2.24) is 20.1 Å². The number of carbonyl (C=O) groups excluding carboxylic acids is 2. The second-order valence-corrected chi connectivity index (χ2v) is 7.16. The van der Waals surface area contributed by atoms with Crippen molar-refractivity contribution in [2.24, 2.45) is 5.92 Å². The summed E-state index contributed by atoms with van der Waals surface area (Å²) >= 11 is 7.06. The SMILES string of the molecule is Cc1nnc(C(=O)N2CCC(C(=O)Nc3ccc(Cl)cn3)CC2)s1. The molecule has 0 saturated carbocycles. The minimum atomic E-state index is -0.136. The summed E-state index contributed by atoms with van der Waals surface area (Å²) in [5.74, 6) is 0.150. The lowest BCUT2D eigenvalue weighted by Crippen LogP contribution is -2.41. The van der Waals surface area contributed by atoms with E-state index in [-0.39, 0.29) is 17.7 Å². The molecule has 0 atom stereocenters. The Morgan fingerprint density at radius 1 is 1.29 bits per heavy atom. The molecular formula is C15H16ClN5O2S. The zero-order valence-electron chi connectivity index (χ0n) is 13.0. The first kappa shape index (κ1) is 16.8. The Morgan fingerprint density at radius 2 is 2.04 bits per heavy atom. The van der Waals surface area contributed by atoms with Crippen LogP contribution in [0.5, 0.6) is 0 Å². The Labute approximate surface area is 148 Å². The molecule has 9 heteroatoms. The number of anilines is 1. The van der Waals surface area contributed by atoms with Crippen LogP contribution in [0.25, 0.3) is 0 Å². The second kappa shape index (κ2) is 7.23. The minimum absolute atomic E-state index is 0.0799. The zero-order chi connectivity index (χ0) is 17.1. The minimum Gasteiger partial charge on any atom is -0.336 e. The van der Waals surface area contributed by atoms with E-state index in [2.05, 4.69) is 20.5 Å². The quantitative estimate of drug-likeness (QED) is 0.902. The van der Waals surface area contributed by atoms with Gasteiger partial charge in [-0.1, -0.05) is 22.9 Å². The molecule has 0 bridgehead atoms. The number of amides is 2. The van der Waals surface area contributed by atoms with Gasteiger partial charge in [0.25, 0.3) is 5.91 Å². The molecule has 0 radical (unpaired) electrons. The molecule has 2 amide bonds. The monoisotopic (exact) mass is 365 g/mol. The highest BCUT2D eigenvalue weighted by Crippen LogP contribution is 2.21. The highest BCUT2D eigenvalue weighted by Gasteiger charge is 2.29. The maximum atomic E-state index is 12.3. The summed E-state index contributed by atoms with van der Waals surface area (Å²) in [4.78, 5) is 30.4. The molecule has 24 heavy (non-hydrogen) atoms. The summed E-state index contributed by atoms with van der Waals surface area (Å²) < 4.78 is 0. The molecule has 3 heterocycles. The Kier molecular flexibility index (Phi) is 5.06. The third-order valence-corrected chi connectivity index (χ3v) is 4.89. The van der Waals surface area contributed by atoms with Gasteiger partial charge in [-0.05, 0) is 31.9 Å². The van der Waals surface area contributed by atoms with E-state index in [4.69, 9.17) is 11.6 Å². The molecule has 1 aliphatic heterocycles. The first-order chi connectivity index (χ1) is 11.5. The molecule has 2 aromatic rings. The third kappa shape index (κ3) is 3.88. The molecule has 0 aromatic carbocycles. The van der Waals surface area contributed by atoms with E-state index < -0.39 is 0 Å². The van der Waals surface area contributed by atoms with Crippen molar-refractivity contribution in [3.05, 3.63) is 33.4 Å². The van der Waals surface area contributed by atoms with Gasteiger partial charge in [0, 0.05) is 25.2 Å². The number of rotatable bonds is 3. The average molecular weight is 366 g/mol. The van der Waals surface area contributed by atoms with Crippen LogP contribution >= 0.6 is 22.9 Å². The lowest BCUT2D eigenvalue weighted by molar-refractivity contribution is -0.121. The van der Waals surface area contributed by atoms with Gasteiger partial charge in [0.15, 0.2) is 0 Å². The van der Waals surface area contributed by atoms with Crippen molar-refractivity contribution in [1.29, 1.82) is 0 Å². The molecule has 0 unspecified atom stereocenters. The van der Waals surface area contributed by atoms with Crippen LogP contribution in [0.2, 0.25) is 5.02 Å². The number of aryl methyl sites for hydroxylation is 1. The maximum absolute atomic E-state index is 12.3. The summed E-state index contributed by atoms with van der Waals surface area (Å²) in [6.45, 7) is 2.88. The number of hydrogen-bond donors (Lipinski definition) is 1. The Hall–Kier alpha value is -2.06. The Morgan fingerprint density at radius 3 is 2.62 bits per heavy atom. The van der Waals surface area contributed by atoms with Gasteiger partial charge in [-0.3, -0.25) is 9.59 Å². The van der Waals surface area contributed by atoms with Crippen LogP contribution in [0.4, 0.5) is 5.82 Å². The van der Waals surface area contributed by atoms with Crippen molar-refractivity contribution >= 4 is 40.6 Å². The molecule has 1 fully saturated rings. The fraction of sp³-hybridized carbons (Fsp3) is 0.400. The number of halogens is 1. The van der Waals surface area contributed by atoms with E-state index >= 15 is 0 Å². The fourth-order valence-corrected chi connectivity index (χ4v) is 3.31. The first-order valence-electron chi connectivity index (χ1n) is 7.55. The van der Waals surface area contributed by atoms with Crippen molar-refractivity contribution in [3.63, 3.8) is 0 Å². The average Bonchev–Trinajstić information content (AvgIpc) is 3.03. The normalized spacial score (nSPS) is 15.3. The number of likely N-dealkylation sites (tertiary alicyclic amines) is 1. The molecule has 2 aromatic heterocycles. The van der Waals surface area contributed by atoms with Crippen LogP contribution in [-0.2, 0) is 4.79 Å². The summed E-state index contributed by atoms with van der Waals surface area (Å²) in [7, 11) is 0.